The number of benzene rings is 3. The van der Waals surface area contributed by atoms with E-state index in [9.17, 15) is 13.5 Å². The van der Waals surface area contributed by atoms with Gasteiger partial charge in [0.2, 0.25) is 10.0 Å². The molecule has 1 atom stereocenters. The first-order valence-electron chi connectivity index (χ1n) is 8.22. The lowest BCUT2D eigenvalue weighted by atomic mass is 10.0. The smallest absolute Gasteiger partial charge is 0.240 e. The molecule has 136 valence electrons. The van der Waals surface area contributed by atoms with E-state index in [2.05, 4.69) is 4.72 Å². The minimum atomic E-state index is -3.74. The van der Waals surface area contributed by atoms with E-state index in [1.54, 1.807) is 25.1 Å². The summed E-state index contributed by atoms with van der Waals surface area (Å²) in [6, 6.07) is 18.1. The van der Waals surface area contributed by atoms with E-state index in [1.165, 1.54) is 13.2 Å². The van der Waals surface area contributed by atoms with Gasteiger partial charge in [-0.05, 0) is 47.0 Å². The molecule has 0 spiro atoms. The van der Waals surface area contributed by atoms with Gasteiger partial charge in [-0.2, -0.15) is 0 Å². The van der Waals surface area contributed by atoms with Crippen LogP contribution in [0.1, 0.15) is 17.2 Å². The van der Waals surface area contributed by atoms with Crippen LogP contribution < -0.4 is 9.46 Å². The highest BCUT2D eigenvalue weighted by molar-refractivity contribution is 7.89. The molecule has 2 N–H and O–H groups in total. The highest BCUT2D eigenvalue weighted by Crippen LogP contribution is 2.25. The molecule has 0 saturated carbocycles. The Balaban J connectivity index is 1.81. The van der Waals surface area contributed by atoms with Gasteiger partial charge in [0.25, 0.3) is 0 Å². The van der Waals surface area contributed by atoms with Crippen LogP contribution in [0.15, 0.2) is 65.6 Å². The van der Waals surface area contributed by atoms with Gasteiger partial charge in [-0.25, -0.2) is 13.1 Å². The molecule has 26 heavy (non-hydrogen) atoms. The molecule has 0 fully saturated rings. The molecule has 3 aromatic rings. The zero-order valence-corrected chi connectivity index (χ0v) is 15.5. The number of methoxy groups -OCH3 is 1. The van der Waals surface area contributed by atoms with Crippen molar-refractivity contribution < 1.29 is 18.3 Å². The average Bonchev–Trinajstić information content (AvgIpc) is 2.65. The fourth-order valence-corrected chi connectivity index (χ4v) is 4.23. The summed E-state index contributed by atoms with van der Waals surface area (Å²) in [5.41, 5.74) is 1.27. The number of hydrogen-bond donors (Lipinski definition) is 2. The van der Waals surface area contributed by atoms with Crippen LogP contribution in [0, 0.1) is 6.92 Å². The first-order chi connectivity index (χ1) is 12.4. The third-order valence-corrected chi connectivity index (χ3v) is 5.90. The summed E-state index contributed by atoms with van der Waals surface area (Å²) in [5, 5.41) is 12.4. The van der Waals surface area contributed by atoms with E-state index in [4.69, 9.17) is 4.74 Å². The number of rotatable bonds is 6. The fourth-order valence-electron chi connectivity index (χ4n) is 2.97. The number of aliphatic hydroxyl groups excluding tert-OH is 1. The van der Waals surface area contributed by atoms with Crippen molar-refractivity contribution in [2.45, 2.75) is 17.9 Å². The molecule has 3 aromatic carbocycles. The van der Waals surface area contributed by atoms with Crippen LogP contribution in [-0.2, 0) is 10.0 Å². The molecule has 0 unspecified atom stereocenters. The van der Waals surface area contributed by atoms with Crippen molar-refractivity contribution in [3.63, 3.8) is 0 Å². The second-order valence-corrected chi connectivity index (χ2v) is 7.80. The lowest BCUT2D eigenvalue weighted by molar-refractivity contribution is 0.183. The van der Waals surface area contributed by atoms with Crippen molar-refractivity contribution in [1.29, 1.82) is 0 Å². The van der Waals surface area contributed by atoms with Gasteiger partial charge in [-0.1, -0.05) is 42.5 Å². The van der Waals surface area contributed by atoms with Crippen molar-refractivity contribution in [1.82, 2.24) is 4.72 Å². The molecule has 0 heterocycles. The van der Waals surface area contributed by atoms with Gasteiger partial charge in [-0.15, -0.1) is 0 Å². The quantitative estimate of drug-likeness (QED) is 0.698. The van der Waals surface area contributed by atoms with Crippen molar-refractivity contribution in [2.75, 3.05) is 13.7 Å². The lowest BCUT2D eigenvalue weighted by Gasteiger charge is -2.16. The second-order valence-electron chi connectivity index (χ2n) is 6.07. The van der Waals surface area contributed by atoms with Crippen molar-refractivity contribution in [3.8, 4) is 5.75 Å². The molecule has 0 amide bonds. The first-order valence-corrected chi connectivity index (χ1v) is 9.71. The monoisotopic (exact) mass is 371 g/mol. The fraction of sp³-hybridized carbons (Fsp3) is 0.200. The van der Waals surface area contributed by atoms with Crippen LogP contribution in [0.3, 0.4) is 0 Å². The number of aryl methyl sites for hydroxylation is 1. The van der Waals surface area contributed by atoms with Gasteiger partial charge >= 0.3 is 0 Å². The molecule has 0 aromatic heterocycles. The van der Waals surface area contributed by atoms with Crippen LogP contribution in [0.4, 0.5) is 0 Å². The highest BCUT2D eigenvalue weighted by Gasteiger charge is 2.20. The van der Waals surface area contributed by atoms with E-state index in [0.29, 0.717) is 16.9 Å². The molecule has 0 aliphatic rings. The van der Waals surface area contributed by atoms with Crippen LogP contribution >= 0.6 is 0 Å². The van der Waals surface area contributed by atoms with Crippen molar-refractivity contribution >= 4 is 20.8 Å². The van der Waals surface area contributed by atoms with Crippen LogP contribution in [0.2, 0.25) is 0 Å². The van der Waals surface area contributed by atoms with Gasteiger partial charge in [0.05, 0.1) is 18.1 Å². The summed E-state index contributed by atoms with van der Waals surface area (Å²) in [4.78, 5) is 0.170. The molecular formula is C20H21NO4S. The standard InChI is InChI=1S/C20H21NO4S/c1-14-12-16(25-2)10-11-20(14)26(23,24)21-13-19(22)18-9-5-7-15-6-3-4-8-17(15)18/h3-12,19,21-22H,13H2,1-2H3/t19-/m1/s1. The zero-order chi connectivity index (χ0) is 18.7. The van der Waals surface area contributed by atoms with Gasteiger partial charge in [-0.3, -0.25) is 0 Å². The summed E-state index contributed by atoms with van der Waals surface area (Å²) < 4.78 is 32.8. The second kappa shape index (κ2) is 7.45. The van der Waals surface area contributed by atoms with Crippen molar-refractivity contribution in [2.24, 2.45) is 0 Å². The summed E-state index contributed by atoms with van der Waals surface area (Å²) >= 11 is 0. The predicted molar refractivity (Wildman–Crippen MR) is 102 cm³/mol. The van der Waals surface area contributed by atoms with Crippen LogP contribution in [0.5, 0.6) is 5.75 Å². The summed E-state index contributed by atoms with van der Waals surface area (Å²) in [7, 11) is -2.21. The average molecular weight is 371 g/mol. The van der Waals surface area contributed by atoms with Crippen LogP contribution in [-0.4, -0.2) is 27.2 Å². The third-order valence-electron chi connectivity index (χ3n) is 4.32. The number of hydrogen-bond acceptors (Lipinski definition) is 4. The molecule has 0 bridgehead atoms. The third kappa shape index (κ3) is 3.72. The minimum absolute atomic E-state index is 0.109. The summed E-state index contributed by atoms with van der Waals surface area (Å²) in [6.45, 7) is 1.60. The highest BCUT2D eigenvalue weighted by atomic mass is 32.2. The molecule has 0 saturated heterocycles. The number of sulfonamides is 1. The lowest BCUT2D eigenvalue weighted by Crippen LogP contribution is -2.29. The molecule has 6 heteroatoms. The maximum Gasteiger partial charge on any atom is 0.240 e. The number of aliphatic hydroxyl groups is 1. The normalized spacial score (nSPS) is 12.9. The maximum atomic E-state index is 12.6. The van der Waals surface area contributed by atoms with Gasteiger partial charge in [0.1, 0.15) is 5.75 Å². The van der Waals surface area contributed by atoms with E-state index >= 15 is 0 Å². The molecule has 0 radical (unpaired) electrons. The van der Waals surface area contributed by atoms with Crippen molar-refractivity contribution in [3.05, 3.63) is 71.8 Å². The Labute approximate surface area is 153 Å². The molecule has 0 aliphatic carbocycles. The van der Waals surface area contributed by atoms with Gasteiger partial charge < -0.3 is 9.84 Å². The largest absolute Gasteiger partial charge is 0.497 e. The van der Waals surface area contributed by atoms with Crippen LogP contribution in [0.25, 0.3) is 10.8 Å². The molecule has 0 aliphatic heterocycles. The SMILES string of the molecule is COc1ccc(S(=O)(=O)NC[C@@H](O)c2cccc3ccccc23)c(C)c1. The van der Waals surface area contributed by atoms with Gasteiger partial charge in [0, 0.05) is 6.54 Å². The minimum Gasteiger partial charge on any atom is -0.497 e. The Kier molecular flexibility index (Phi) is 5.27. The number of ether oxygens (including phenoxy) is 1. The molecular weight excluding hydrogens is 350 g/mol. The predicted octanol–water partition coefficient (Wildman–Crippen LogP) is 3.17. The van der Waals surface area contributed by atoms with E-state index in [-0.39, 0.29) is 11.4 Å². The molecule has 5 nitrogen and oxygen atoms in total. The van der Waals surface area contributed by atoms with Gasteiger partial charge in [0.15, 0.2) is 0 Å². The number of fused-ring (bicyclic) bond motifs is 1. The number of nitrogens with one attached hydrogen (secondary N) is 1. The van der Waals surface area contributed by atoms with E-state index < -0.39 is 16.1 Å². The topological polar surface area (TPSA) is 75.6 Å². The molecule has 3 rings (SSSR count). The Morgan fingerprint density at radius 2 is 1.81 bits per heavy atom. The summed E-state index contributed by atoms with van der Waals surface area (Å²) in [5.74, 6) is 0.595. The first kappa shape index (κ1) is 18.4. The Hall–Kier alpha value is -2.41. The zero-order valence-electron chi connectivity index (χ0n) is 14.6. The van der Waals surface area contributed by atoms with E-state index in [0.717, 1.165) is 10.8 Å². The Morgan fingerprint density at radius 3 is 2.54 bits per heavy atom. The maximum absolute atomic E-state index is 12.6. The Morgan fingerprint density at radius 1 is 1.08 bits per heavy atom. The van der Waals surface area contributed by atoms with E-state index in [1.807, 2.05) is 36.4 Å². The summed E-state index contributed by atoms with van der Waals surface area (Å²) in [6.07, 6.45) is -0.950. The Bertz CT molecular complexity index is 1030.